The molecule has 0 saturated carbocycles. The summed E-state index contributed by atoms with van der Waals surface area (Å²) in [4.78, 5) is 11.6. The summed E-state index contributed by atoms with van der Waals surface area (Å²) in [5.41, 5.74) is 0.119. The highest BCUT2D eigenvalue weighted by molar-refractivity contribution is 5.89. The number of carbonyl (C=O) groups excluding carboxylic acids is 1. The summed E-state index contributed by atoms with van der Waals surface area (Å²) in [7, 11) is 0. The molecule has 0 aliphatic carbocycles. The number of ether oxygens (including phenoxy) is 2. The highest BCUT2D eigenvalue weighted by atomic mass is 19.1. The minimum atomic E-state index is -0.530. The molecule has 0 radical (unpaired) electrons. The number of rotatable bonds is 8. The Bertz CT molecular complexity index is 453. The van der Waals surface area contributed by atoms with Crippen LogP contribution in [0.3, 0.4) is 0 Å². The van der Waals surface area contributed by atoms with Gasteiger partial charge in [0.2, 0.25) is 0 Å². The number of hydrogen-bond donors (Lipinski definition) is 2. The number of benzene rings is 1. The van der Waals surface area contributed by atoms with E-state index in [1.807, 2.05) is 20.8 Å². The van der Waals surface area contributed by atoms with Gasteiger partial charge in [-0.05, 0) is 39.3 Å². The average molecular weight is 298 g/mol. The van der Waals surface area contributed by atoms with Crippen LogP contribution in [0.1, 0.15) is 27.2 Å². The van der Waals surface area contributed by atoms with Gasteiger partial charge in [0.1, 0.15) is 11.6 Å². The summed E-state index contributed by atoms with van der Waals surface area (Å²) in [6, 6.07) is 3.91. The van der Waals surface area contributed by atoms with Crippen molar-refractivity contribution in [2.24, 2.45) is 0 Å². The summed E-state index contributed by atoms with van der Waals surface area (Å²) in [6.07, 6.45) is 0.683. The molecule has 0 atom stereocenters. The molecule has 0 aliphatic rings. The van der Waals surface area contributed by atoms with Crippen molar-refractivity contribution in [1.29, 1.82) is 0 Å². The summed E-state index contributed by atoms with van der Waals surface area (Å²) >= 11 is 0. The van der Waals surface area contributed by atoms with Crippen LogP contribution < -0.4 is 15.4 Å². The quantitative estimate of drug-likeness (QED) is 0.725. The van der Waals surface area contributed by atoms with Crippen molar-refractivity contribution in [2.75, 3.05) is 25.1 Å². The van der Waals surface area contributed by atoms with Crippen LogP contribution in [0.25, 0.3) is 0 Å². The lowest BCUT2D eigenvalue weighted by Crippen LogP contribution is -2.30. The van der Waals surface area contributed by atoms with Gasteiger partial charge in [0.05, 0.1) is 11.8 Å². The van der Waals surface area contributed by atoms with Gasteiger partial charge < -0.3 is 20.1 Å². The van der Waals surface area contributed by atoms with E-state index in [-0.39, 0.29) is 11.8 Å². The van der Waals surface area contributed by atoms with Crippen LogP contribution in [0, 0.1) is 5.82 Å². The number of halogens is 1. The molecule has 0 saturated heterocycles. The van der Waals surface area contributed by atoms with Gasteiger partial charge in [-0.15, -0.1) is 0 Å². The minimum Gasteiger partial charge on any atom is -0.491 e. The Balaban J connectivity index is 2.41. The SMILES string of the molecule is CCOCCCNC(=O)Nc1ccc(OC(C)C)cc1F. The summed E-state index contributed by atoms with van der Waals surface area (Å²) < 4.78 is 24.3. The molecule has 1 aromatic carbocycles. The molecule has 1 rings (SSSR count). The third kappa shape index (κ3) is 6.94. The average Bonchev–Trinajstić information content (AvgIpc) is 2.41. The fourth-order valence-corrected chi connectivity index (χ4v) is 1.63. The highest BCUT2D eigenvalue weighted by Gasteiger charge is 2.08. The standard InChI is InChI=1S/C15H23FN2O3/c1-4-20-9-5-8-17-15(19)18-14-7-6-12(10-13(14)16)21-11(2)3/h6-7,10-11H,4-5,8-9H2,1-3H3,(H2,17,18,19). The molecular weight excluding hydrogens is 275 g/mol. The lowest BCUT2D eigenvalue weighted by molar-refractivity contribution is 0.145. The molecule has 2 amide bonds. The van der Waals surface area contributed by atoms with E-state index in [2.05, 4.69) is 10.6 Å². The van der Waals surface area contributed by atoms with Crippen molar-refractivity contribution >= 4 is 11.7 Å². The van der Waals surface area contributed by atoms with Gasteiger partial charge in [0.25, 0.3) is 0 Å². The molecule has 0 unspecified atom stereocenters. The Kier molecular flexibility index (Phi) is 7.53. The zero-order valence-corrected chi connectivity index (χ0v) is 12.7. The van der Waals surface area contributed by atoms with E-state index in [0.29, 0.717) is 31.9 Å². The molecule has 0 aromatic heterocycles. The Morgan fingerprint density at radius 2 is 2.14 bits per heavy atom. The zero-order chi connectivity index (χ0) is 15.7. The first-order valence-corrected chi connectivity index (χ1v) is 7.11. The van der Waals surface area contributed by atoms with Gasteiger partial charge in [0, 0.05) is 25.8 Å². The first-order chi connectivity index (χ1) is 10.0. The molecule has 6 heteroatoms. The Hall–Kier alpha value is -1.82. The Morgan fingerprint density at radius 1 is 1.38 bits per heavy atom. The van der Waals surface area contributed by atoms with Crippen LogP contribution >= 0.6 is 0 Å². The fourth-order valence-electron chi connectivity index (χ4n) is 1.63. The van der Waals surface area contributed by atoms with Gasteiger partial charge in [0.15, 0.2) is 0 Å². The molecule has 0 spiro atoms. The molecular formula is C15H23FN2O3. The normalized spacial score (nSPS) is 10.5. The van der Waals surface area contributed by atoms with Crippen LogP contribution in [0.5, 0.6) is 5.75 Å². The predicted molar refractivity (Wildman–Crippen MR) is 80.3 cm³/mol. The molecule has 21 heavy (non-hydrogen) atoms. The van der Waals surface area contributed by atoms with Crippen molar-refractivity contribution < 1.29 is 18.7 Å². The van der Waals surface area contributed by atoms with Crippen LogP contribution in [0.2, 0.25) is 0 Å². The van der Waals surface area contributed by atoms with Crippen molar-refractivity contribution in [1.82, 2.24) is 5.32 Å². The third-order valence-corrected chi connectivity index (χ3v) is 2.52. The van der Waals surface area contributed by atoms with Gasteiger partial charge in [-0.25, -0.2) is 9.18 Å². The fraction of sp³-hybridized carbons (Fsp3) is 0.533. The Labute approximate surface area is 124 Å². The van der Waals surface area contributed by atoms with Crippen LogP contribution in [0.15, 0.2) is 18.2 Å². The maximum atomic E-state index is 13.8. The second kappa shape index (κ2) is 9.18. The number of hydrogen-bond acceptors (Lipinski definition) is 3. The van der Waals surface area contributed by atoms with Crippen LogP contribution in [-0.2, 0) is 4.74 Å². The van der Waals surface area contributed by atoms with Crippen molar-refractivity contribution in [2.45, 2.75) is 33.3 Å². The van der Waals surface area contributed by atoms with E-state index in [1.165, 1.54) is 12.1 Å². The largest absolute Gasteiger partial charge is 0.491 e. The molecule has 0 heterocycles. The maximum absolute atomic E-state index is 13.8. The molecule has 0 bridgehead atoms. The number of anilines is 1. The van der Waals surface area contributed by atoms with E-state index in [9.17, 15) is 9.18 Å². The number of nitrogens with one attached hydrogen (secondary N) is 2. The third-order valence-electron chi connectivity index (χ3n) is 2.52. The predicted octanol–water partition coefficient (Wildman–Crippen LogP) is 3.16. The van der Waals surface area contributed by atoms with E-state index < -0.39 is 11.8 Å². The van der Waals surface area contributed by atoms with Gasteiger partial charge >= 0.3 is 6.03 Å². The summed E-state index contributed by atoms with van der Waals surface area (Å²) in [5.74, 6) is -0.0946. The van der Waals surface area contributed by atoms with Crippen molar-refractivity contribution in [3.8, 4) is 5.75 Å². The second-order valence-electron chi connectivity index (χ2n) is 4.74. The molecule has 5 nitrogen and oxygen atoms in total. The van der Waals surface area contributed by atoms with Crippen molar-refractivity contribution in [3.63, 3.8) is 0 Å². The lowest BCUT2D eigenvalue weighted by Gasteiger charge is -2.12. The number of amides is 2. The lowest BCUT2D eigenvalue weighted by atomic mass is 10.3. The van der Waals surface area contributed by atoms with E-state index in [0.717, 1.165) is 0 Å². The van der Waals surface area contributed by atoms with Crippen molar-refractivity contribution in [3.05, 3.63) is 24.0 Å². The molecule has 0 aliphatic heterocycles. The molecule has 118 valence electrons. The van der Waals surface area contributed by atoms with E-state index in [4.69, 9.17) is 9.47 Å². The second-order valence-corrected chi connectivity index (χ2v) is 4.74. The van der Waals surface area contributed by atoms with Gasteiger partial charge in [-0.3, -0.25) is 0 Å². The topological polar surface area (TPSA) is 59.6 Å². The minimum absolute atomic E-state index is 0.0307. The van der Waals surface area contributed by atoms with E-state index >= 15 is 0 Å². The zero-order valence-electron chi connectivity index (χ0n) is 12.7. The van der Waals surface area contributed by atoms with Crippen LogP contribution in [-0.4, -0.2) is 31.9 Å². The first-order valence-electron chi connectivity index (χ1n) is 7.11. The van der Waals surface area contributed by atoms with Gasteiger partial charge in [-0.1, -0.05) is 0 Å². The smallest absolute Gasteiger partial charge is 0.319 e. The molecule has 2 N–H and O–H groups in total. The number of urea groups is 1. The highest BCUT2D eigenvalue weighted by Crippen LogP contribution is 2.21. The Morgan fingerprint density at radius 3 is 2.76 bits per heavy atom. The summed E-state index contributed by atoms with van der Waals surface area (Å²) in [5, 5.41) is 5.10. The monoisotopic (exact) mass is 298 g/mol. The number of carbonyl (C=O) groups is 1. The van der Waals surface area contributed by atoms with Gasteiger partial charge in [-0.2, -0.15) is 0 Å². The van der Waals surface area contributed by atoms with E-state index in [1.54, 1.807) is 6.07 Å². The summed E-state index contributed by atoms with van der Waals surface area (Å²) in [6.45, 7) is 7.35. The first kappa shape index (κ1) is 17.2. The molecule has 0 fully saturated rings. The molecule has 1 aromatic rings. The van der Waals surface area contributed by atoms with Crippen LogP contribution in [0.4, 0.5) is 14.9 Å². The maximum Gasteiger partial charge on any atom is 0.319 e.